The van der Waals surface area contributed by atoms with Crippen LogP contribution in [0.2, 0.25) is 0 Å². The van der Waals surface area contributed by atoms with Crippen molar-refractivity contribution in [2.45, 2.75) is 38.9 Å². The second-order valence-electron chi connectivity index (χ2n) is 7.49. The molecule has 1 atom stereocenters. The van der Waals surface area contributed by atoms with E-state index in [0.29, 0.717) is 19.5 Å². The van der Waals surface area contributed by atoms with Crippen molar-refractivity contribution in [3.05, 3.63) is 69.5 Å². The minimum Gasteiger partial charge on any atom is -0.368 e. The van der Waals surface area contributed by atoms with E-state index in [4.69, 9.17) is 0 Å². The number of nitrogens with one attached hydrogen (secondary N) is 2. The van der Waals surface area contributed by atoms with Gasteiger partial charge >= 0.3 is 0 Å². The van der Waals surface area contributed by atoms with Crippen LogP contribution in [0.15, 0.2) is 42.5 Å². The van der Waals surface area contributed by atoms with Crippen molar-refractivity contribution in [3.8, 4) is 0 Å². The fraction of sp³-hybridized carbons (Fsp3) is 0.333. The summed E-state index contributed by atoms with van der Waals surface area (Å²) >= 11 is 0. The Bertz CT molecular complexity index is 962. The number of anilines is 1. The fourth-order valence-electron chi connectivity index (χ4n) is 3.32. The highest BCUT2D eigenvalue weighted by atomic mass is 19.1. The molecule has 1 unspecified atom stereocenters. The summed E-state index contributed by atoms with van der Waals surface area (Å²) in [6.07, 6.45) is 0.479. The standard InChI is InChI=1S/C21H23FN4O4/c1-13(2)23-20(27)15-5-8-17(19(11-15)26(29)30)24-18-9-10-25(21(18)28)12-14-3-6-16(22)7-4-14/h3-8,11,13,18,24H,9-10,12H2,1-2H3,(H,23,27). The van der Waals surface area contributed by atoms with Gasteiger partial charge in [-0.25, -0.2) is 4.39 Å². The third-order valence-corrected chi connectivity index (χ3v) is 4.79. The lowest BCUT2D eigenvalue weighted by Crippen LogP contribution is -2.33. The Hall–Kier alpha value is -3.49. The summed E-state index contributed by atoms with van der Waals surface area (Å²) in [4.78, 5) is 37.4. The lowest BCUT2D eigenvalue weighted by atomic mass is 10.1. The average molecular weight is 414 g/mol. The number of halogens is 1. The van der Waals surface area contributed by atoms with Gasteiger partial charge in [0.2, 0.25) is 5.91 Å². The molecule has 1 aliphatic heterocycles. The monoisotopic (exact) mass is 414 g/mol. The number of nitro benzene ring substituents is 1. The third-order valence-electron chi connectivity index (χ3n) is 4.79. The van der Waals surface area contributed by atoms with Crippen molar-refractivity contribution in [2.75, 3.05) is 11.9 Å². The largest absolute Gasteiger partial charge is 0.368 e. The number of likely N-dealkylation sites (tertiary alicyclic amines) is 1. The minimum atomic E-state index is -0.612. The van der Waals surface area contributed by atoms with Crippen molar-refractivity contribution in [1.82, 2.24) is 10.2 Å². The minimum absolute atomic E-state index is 0.0995. The quantitative estimate of drug-likeness (QED) is 0.535. The molecular formula is C21H23FN4O4. The molecule has 0 bridgehead atoms. The zero-order valence-corrected chi connectivity index (χ0v) is 16.7. The molecule has 0 aliphatic carbocycles. The first-order chi connectivity index (χ1) is 14.2. The number of carbonyl (C=O) groups is 2. The Kier molecular flexibility index (Phi) is 6.29. The van der Waals surface area contributed by atoms with Crippen LogP contribution in [0.5, 0.6) is 0 Å². The maximum Gasteiger partial charge on any atom is 0.293 e. The molecule has 0 spiro atoms. The molecule has 0 radical (unpaired) electrons. The van der Waals surface area contributed by atoms with Crippen molar-refractivity contribution in [3.63, 3.8) is 0 Å². The molecule has 1 heterocycles. The van der Waals surface area contributed by atoms with Crippen LogP contribution in [-0.4, -0.2) is 40.3 Å². The molecular weight excluding hydrogens is 391 g/mol. The Morgan fingerprint density at radius 1 is 1.27 bits per heavy atom. The first-order valence-electron chi connectivity index (χ1n) is 9.63. The number of hydrogen-bond donors (Lipinski definition) is 2. The maximum absolute atomic E-state index is 13.1. The number of rotatable bonds is 7. The molecule has 30 heavy (non-hydrogen) atoms. The van der Waals surface area contributed by atoms with Crippen LogP contribution in [0.3, 0.4) is 0 Å². The third kappa shape index (κ3) is 4.91. The molecule has 3 rings (SSSR count). The highest BCUT2D eigenvalue weighted by Gasteiger charge is 2.33. The van der Waals surface area contributed by atoms with E-state index in [1.807, 2.05) is 0 Å². The van der Waals surface area contributed by atoms with Crippen molar-refractivity contribution < 1.29 is 18.9 Å². The van der Waals surface area contributed by atoms with Gasteiger partial charge in [0.25, 0.3) is 11.6 Å². The molecule has 1 fully saturated rings. The van der Waals surface area contributed by atoms with E-state index in [-0.39, 0.29) is 34.7 Å². The Labute approximate surface area is 173 Å². The van der Waals surface area contributed by atoms with Gasteiger partial charge in [-0.2, -0.15) is 0 Å². The summed E-state index contributed by atoms with van der Waals surface area (Å²) in [5.41, 5.74) is 0.896. The molecule has 0 saturated carbocycles. The normalized spacial score (nSPS) is 16.1. The first-order valence-corrected chi connectivity index (χ1v) is 9.63. The number of carbonyl (C=O) groups excluding carboxylic acids is 2. The fourth-order valence-corrected chi connectivity index (χ4v) is 3.32. The van der Waals surface area contributed by atoms with Crippen molar-refractivity contribution in [2.24, 2.45) is 0 Å². The highest BCUT2D eigenvalue weighted by molar-refractivity contribution is 5.96. The van der Waals surface area contributed by atoms with Gasteiger partial charge in [-0.3, -0.25) is 19.7 Å². The summed E-state index contributed by atoms with van der Waals surface area (Å²) < 4.78 is 13.1. The average Bonchev–Trinajstić information content (AvgIpc) is 3.02. The predicted molar refractivity (Wildman–Crippen MR) is 110 cm³/mol. The number of nitro groups is 1. The molecule has 2 N–H and O–H groups in total. The zero-order valence-electron chi connectivity index (χ0n) is 16.7. The summed E-state index contributed by atoms with van der Waals surface area (Å²) in [5.74, 6) is -0.929. The van der Waals surface area contributed by atoms with E-state index in [2.05, 4.69) is 10.6 Å². The first kappa shape index (κ1) is 21.2. The van der Waals surface area contributed by atoms with Crippen molar-refractivity contribution >= 4 is 23.2 Å². The van der Waals surface area contributed by atoms with E-state index in [9.17, 15) is 24.1 Å². The van der Waals surface area contributed by atoms with Crippen molar-refractivity contribution in [1.29, 1.82) is 0 Å². The van der Waals surface area contributed by atoms with Crippen LogP contribution >= 0.6 is 0 Å². The van der Waals surface area contributed by atoms with Crippen LogP contribution in [0.4, 0.5) is 15.8 Å². The van der Waals surface area contributed by atoms with Gasteiger partial charge in [-0.15, -0.1) is 0 Å². The zero-order chi connectivity index (χ0) is 21.8. The van der Waals surface area contributed by atoms with Crippen LogP contribution < -0.4 is 10.6 Å². The van der Waals surface area contributed by atoms with Gasteiger partial charge in [0.1, 0.15) is 17.5 Å². The van der Waals surface area contributed by atoms with Gasteiger partial charge in [-0.05, 0) is 50.1 Å². The SMILES string of the molecule is CC(C)NC(=O)c1ccc(NC2CCN(Cc3ccc(F)cc3)C2=O)c([N+](=O)[O-])c1. The number of nitrogens with zero attached hydrogens (tertiary/aromatic N) is 2. The van der Waals surface area contributed by atoms with E-state index in [1.165, 1.54) is 30.3 Å². The Morgan fingerprint density at radius 3 is 2.60 bits per heavy atom. The van der Waals surface area contributed by atoms with Crippen LogP contribution in [0.25, 0.3) is 0 Å². The van der Waals surface area contributed by atoms with Gasteiger partial charge in [-0.1, -0.05) is 12.1 Å². The van der Waals surface area contributed by atoms with Gasteiger partial charge in [0, 0.05) is 30.8 Å². The van der Waals surface area contributed by atoms with Gasteiger partial charge in [0.15, 0.2) is 0 Å². The molecule has 1 saturated heterocycles. The van der Waals surface area contributed by atoms with E-state index < -0.39 is 16.9 Å². The predicted octanol–water partition coefficient (Wildman–Crippen LogP) is 3.09. The number of amides is 2. The van der Waals surface area contributed by atoms with Crippen LogP contribution in [-0.2, 0) is 11.3 Å². The second-order valence-corrected chi connectivity index (χ2v) is 7.49. The number of hydrogen-bond acceptors (Lipinski definition) is 5. The lowest BCUT2D eigenvalue weighted by Gasteiger charge is -2.18. The van der Waals surface area contributed by atoms with Gasteiger partial charge < -0.3 is 15.5 Å². The summed E-state index contributed by atoms with van der Waals surface area (Å²) in [5, 5.41) is 17.2. The Morgan fingerprint density at radius 2 is 1.97 bits per heavy atom. The van der Waals surface area contributed by atoms with E-state index in [0.717, 1.165) is 5.56 Å². The smallest absolute Gasteiger partial charge is 0.293 e. The molecule has 2 aromatic rings. The van der Waals surface area contributed by atoms with Crippen LogP contribution in [0.1, 0.15) is 36.2 Å². The summed E-state index contributed by atoms with van der Waals surface area (Å²) in [7, 11) is 0. The summed E-state index contributed by atoms with van der Waals surface area (Å²) in [6, 6.07) is 9.35. The molecule has 1 aliphatic rings. The lowest BCUT2D eigenvalue weighted by molar-refractivity contribution is -0.384. The maximum atomic E-state index is 13.1. The number of benzene rings is 2. The topological polar surface area (TPSA) is 105 Å². The molecule has 2 aromatic carbocycles. The second kappa shape index (κ2) is 8.89. The molecule has 9 heteroatoms. The van der Waals surface area contributed by atoms with Gasteiger partial charge in [0.05, 0.1) is 4.92 Å². The molecule has 0 aromatic heterocycles. The van der Waals surface area contributed by atoms with E-state index in [1.54, 1.807) is 30.9 Å². The molecule has 8 nitrogen and oxygen atoms in total. The van der Waals surface area contributed by atoms with Crippen LogP contribution in [0, 0.1) is 15.9 Å². The highest BCUT2D eigenvalue weighted by Crippen LogP contribution is 2.28. The van der Waals surface area contributed by atoms with E-state index >= 15 is 0 Å². The molecule has 158 valence electrons. The molecule has 2 amide bonds. The summed E-state index contributed by atoms with van der Waals surface area (Å²) in [6.45, 7) is 4.42. The Balaban J connectivity index is 1.72.